The van der Waals surface area contributed by atoms with Crippen LogP contribution in [0.5, 0.6) is 0 Å². The highest BCUT2D eigenvalue weighted by molar-refractivity contribution is 6.04. The van der Waals surface area contributed by atoms with Gasteiger partial charge in [0.25, 0.3) is 5.56 Å². The van der Waals surface area contributed by atoms with Crippen LogP contribution in [0.1, 0.15) is 51.3 Å². The number of Topliss-reactive ketones (excluding diaryl/α,β-unsaturated/α-hetero) is 1. The van der Waals surface area contributed by atoms with E-state index >= 15 is 0 Å². The molecule has 0 aliphatic carbocycles. The Morgan fingerprint density at radius 2 is 1.85 bits per heavy atom. The first-order valence-electron chi connectivity index (χ1n) is 10.8. The molecule has 3 aromatic heterocycles. The molecular weight excluding hydrogens is 422 g/mol. The van der Waals surface area contributed by atoms with Crippen molar-refractivity contribution in [3.63, 3.8) is 0 Å². The zero-order chi connectivity index (χ0) is 23.5. The van der Waals surface area contributed by atoms with Crippen LogP contribution in [-0.4, -0.2) is 32.7 Å². The standard InChI is InChI=1S/C25H25N3O5/c1-4-11-28-24(30)20-10-6-5-9-19(20)23(26-28)25(31)33-15-22(29)21-13-16(2)27(17(21)3)14-18-8-7-12-32-18/h5-10,12-13H,4,11,14-15H2,1-3H3. The number of furan rings is 1. The van der Waals surface area contributed by atoms with Crippen LogP contribution in [0.25, 0.3) is 10.8 Å². The van der Waals surface area contributed by atoms with E-state index in [1.54, 1.807) is 36.6 Å². The van der Waals surface area contributed by atoms with E-state index in [-0.39, 0.29) is 17.0 Å². The van der Waals surface area contributed by atoms with Crippen LogP contribution in [0.3, 0.4) is 0 Å². The molecule has 3 heterocycles. The number of esters is 1. The SMILES string of the molecule is CCCn1nc(C(=O)OCC(=O)c2cc(C)n(Cc3ccco3)c2C)c2ccccc2c1=O. The molecule has 0 aliphatic rings. The van der Waals surface area contributed by atoms with Gasteiger partial charge in [-0.2, -0.15) is 5.10 Å². The molecule has 0 spiro atoms. The number of benzene rings is 1. The Balaban J connectivity index is 1.55. The number of carbonyl (C=O) groups excluding carboxylic acids is 2. The Morgan fingerprint density at radius 3 is 2.55 bits per heavy atom. The van der Waals surface area contributed by atoms with Crippen molar-refractivity contribution in [1.82, 2.24) is 14.3 Å². The topological polar surface area (TPSA) is 96.3 Å². The lowest BCUT2D eigenvalue weighted by Crippen LogP contribution is -2.27. The predicted octanol–water partition coefficient (Wildman–Crippen LogP) is 3.91. The van der Waals surface area contributed by atoms with Gasteiger partial charge in [0.05, 0.1) is 18.2 Å². The van der Waals surface area contributed by atoms with E-state index in [1.165, 1.54) is 4.68 Å². The number of fused-ring (bicyclic) bond motifs is 1. The summed E-state index contributed by atoms with van der Waals surface area (Å²) >= 11 is 0. The monoisotopic (exact) mass is 447 g/mol. The largest absolute Gasteiger partial charge is 0.467 e. The van der Waals surface area contributed by atoms with Gasteiger partial charge in [0.1, 0.15) is 5.76 Å². The molecule has 0 fully saturated rings. The molecule has 4 aromatic rings. The maximum absolute atomic E-state index is 12.9. The van der Waals surface area contributed by atoms with Crippen LogP contribution < -0.4 is 5.56 Å². The van der Waals surface area contributed by atoms with Crippen LogP contribution in [0.4, 0.5) is 0 Å². The number of ether oxygens (including phenoxy) is 1. The third kappa shape index (κ3) is 4.37. The van der Waals surface area contributed by atoms with Gasteiger partial charge >= 0.3 is 5.97 Å². The zero-order valence-electron chi connectivity index (χ0n) is 18.8. The van der Waals surface area contributed by atoms with E-state index in [9.17, 15) is 14.4 Å². The fourth-order valence-corrected chi connectivity index (χ4v) is 3.91. The summed E-state index contributed by atoms with van der Waals surface area (Å²) in [7, 11) is 0. The first kappa shape index (κ1) is 22.3. The lowest BCUT2D eigenvalue weighted by Gasteiger charge is -2.10. The number of rotatable bonds is 8. The molecule has 0 unspecified atom stereocenters. The molecule has 170 valence electrons. The number of hydrogen-bond acceptors (Lipinski definition) is 6. The van der Waals surface area contributed by atoms with Gasteiger partial charge in [-0.3, -0.25) is 9.59 Å². The fraction of sp³-hybridized carbons (Fsp3) is 0.280. The van der Waals surface area contributed by atoms with E-state index in [0.29, 0.717) is 35.8 Å². The number of hydrogen-bond donors (Lipinski definition) is 0. The highest BCUT2D eigenvalue weighted by Crippen LogP contribution is 2.19. The van der Waals surface area contributed by atoms with Gasteiger partial charge in [0, 0.05) is 28.9 Å². The fourth-order valence-electron chi connectivity index (χ4n) is 3.91. The molecule has 0 saturated carbocycles. The van der Waals surface area contributed by atoms with Crippen molar-refractivity contribution in [1.29, 1.82) is 0 Å². The van der Waals surface area contributed by atoms with Crippen LogP contribution in [0, 0.1) is 13.8 Å². The van der Waals surface area contributed by atoms with Crippen molar-refractivity contribution in [3.8, 4) is 0 Å². The summed E-state index contributed by atoms with van der Waals surface area (Å²) in [6, 6.07) is 12.2. The van der Waals surface area contributed by atoms with Crippen LogP contribution in [0.2, 0.25) is 0 Å². The van der Waals surface area contributed by atoms with Gasteiger partial charge in [0.15, 0.2) is 12.3 Å². The average molecular weight is 447 g/mol. The minimum Gasteiger partial charge on any atom is -0.467 e. The average Bonchev–Trinajstić information content (AvgIpc) is 3.43. The van der Waals surface area contributed by atoms with Gasteiger partial charge in [-0.25, -0.2) is 9.48 Å². The lowest BCUT2D eigenvalue weighted by atomic mass is 10.1. The second-order valence-electron chi connectivity index (χ2n) is 7.87. The summed E-state index contributed by atoms with van der Waals surface area (Å²) in [6.07, 6.45) is 2.29. The molecule has 8 nitrogen and oxygen atoms in total. The Hall–Kier alpha value is -3.94. The molecule has 0 saturated heterocycles. The van der Waals surface area contributed by atoms with Crippen LogP contribution in [-0.2, 0) is 17.8 Å². The van der Waals surface area contributed by atoms with Crippen molar-refractivity contribution < 1.29 is 18.7 Å². The lowest BCUT2D eigenvalue weighted by molar-refractivity contribution is 0.0468. The van der Waals surface area contributed by atoms with E-state index in [2.05, 4.69) is 5.10 Å². The number of ketones is 1. The first-order valence-corrected chi connectivity index (χ1v) is 10.8. The number of carbonyl (C=O) groups is 2. The minimum atomic E-state index is -0.742. The van der Waals surface area contributed by atoms with Gasteiger partial charge in [-0.05, 0) is 44.5 Å². The summed E-state index contributed by atoms with van der Waals surface area (Å²) < 4.78 is 14.0. The number of aryl methyl sites for hydroxylation is 2. The van der Waals surface area contributed by atoms with Crippen molar-refractivity contribution in [3.05, 3.63) is 87.5 Å². The van der Waals surface area contributed by atoms with E-state index in [0.717, 1.165) is 17.1 Å². The molecule has 0 aliphatic heterocycles. The maximum Gasteiger partial charge on any atom is 0.359 e. The molecular formula is C25H25N3O5. The Kier molecular flexibility index (Phi) is 6.26. The smallest absolute Gasteiger partial charge is 0.359 e. The summed E-state index contributed by atoms with van der Waals surface area (Å²) in [5.74, 6) is -0.274. The number of aromatic nitrogens is 3. The van der Waals surface area contributed by atoms with Crippen molar-refractivity contribution in [2.75, 3.05) is 6.61 Å². The molecule has 33 heavy (non-hydrogen) atoms. The predicted molar refractivity (Wildman–Crippen MR) is 123 cm³/mol. The van der Waals surface area contributed by atoms with Crippen molar-refractivity contribution in [2.45, 2.75) is 40.3 Å². The van der Waals surface area contributed by atoms with Crippen molar-refractivity contribution >= 4 is 22.5 Å². The Labute approximate surface area is 190 Å². The second-order valence-corrected chi connectivity index (χ2v) is 7.87. The third-order valence-corrected chi connectivity index (χ3v) is 5.60. The molecule has 0 radical (unpaired) electrons. The van der Waals surface area contributed by atoms with E-state index in [4.69, 9.17) is 9.15 Å². The summed E-state index contributed by atoms with van der Waals surface area (Å²) in [6.45, 7) is 6.14. The second kappa shape index (κ2) is 9.28. The highest BCUT2D eigenvalue weighted by Gasteiger charge is 2.21. The van der Waals surface area contributed by atoms with Crippen molar-refractivity contribution in [2.24, 2.45) is 0 Å². The molecule has 0 N–H and O–H groups in total. The third-order valence-electron chi connectivity index (χ3n) is 5.60. The Bertz CT molecular complexity index is 1380. The molecule has 4 rings (SSSR count). The molecule has 0 bridgehead atoms. The van der Waals surface area contributed by atoms with E-state index < -0.39 is 12.6 Å². The maximum atomic E-state index is 12.9. The van der Waals surface area contributed by atoms with Crippen LogP contribution >= 0.6 is 0 Å². The normalized spacial score (nSPS) is 11.1. The highest BCUT2D eigenvalue weighted by atomic mass is 16.5. The van der Waals surface area contributed by atoms with Gasteiger partial charge in [-0.1, -0.05) is 25.1 Å². The van der Waals surface area contributed by atoms with E-state index in [1.807, 2.05) is 37.5 Å². The van der Waals surface area contributed by atoms with Gasteiger partial charge in [-0.15, -0.1) is 0 Å². The summed E-state index contributed by atoms with van der Waals surface area (Å²) in [5, 5.41) is 5.02. The summed E-state index contributed by atoms with van der Waals surface area (Å²) in [5.41, 5.74) is 1.92. The molecule has 0 amide bonds. The minimum absolute atomic E-state index is 0.0229. The van der Waals surface area contributed by atoms with Crippen LogP contribution in [0.15, 0.2) is 57.9 Å². The quantitative estimate of drug-likeness (QED) is 0.300. The summed E-state index contributed by atoms with van der Waals surface area (Å²) in [4.78, 5) is 38.3. The number of nitrogens with zero attached hydrogens (tertiary/aromatic N) is 3. The zero-order valence-corrected chi connectivity index (χ0v) is 18.8. The molecule has 8 heteroatoms. The van der Waals surface area contributed by atoms with Gasteiger partial charge < -0.3 is 13.7 Å². The van der Waals surface area contributed by atoms with Gasteiger partial charge in [0.2, 0.25) is 5.78 Å². The first-order chi connectivity index (χ1) is 15.9. The molecule has 1 aromatic carbocycles. The Morgan fingerprint density at radius 1 is 1.09 bits per heavy atom. The molecule has 0 atom stereocenters.